The van der Waals surface area contributed by atoms with E-state index in [9.17, 15) is 9.18 Å². The average Bonchev–Trinajstić information content (AvgIpc) is 3.39. The summed E-state index contributed by atoms with van der Waals surface area (Å²) in [5.41, 5.74) is 1.30. The molecule has 156 valence electrons. The number of aryl methyl sites for hydroxylation is 1. The van der Waals surface area contributed by atoms with Crippen molar-refractivity contribution in [2.24, 2.45) is 0 Å². The Morgan fingerprint density at radius 2 is 2.17 bits per heavy atom. The van der Waals surface area contributed by atoms with Crippen molar-refractivity contribution in [1.29, 1.82) is 0 Å². The third-order valence-corrected chi connectivity index (χ3v) is 5.01. The molecule has 2 amide bonds. The number of urea groups is 1. The Kier molecular flexibility index (Phi) is 5.92. The van der Waals surface area contributed by atoms with Gasteiger partial charge in [0.15, 0.2) is 5.82 Å². The van der Waals surface area contributed by atoms with Crippen molar-refractivity contribution in [2.75, 3.05) is 25.0 Å². The van der Waals surface area contributed by atoms with Crippen molar-refractivity contribution >= 4 is 11.7 Å². The van der Waals surface area contributed by atoms with Gasteiger partial charge in [0.05, 0.1) is 18.2 Å². The monoisotopic (exact) mass is 410 g/mol. The molecule has 1 N–H and O–H groups in total. The van der Waals surface area contributed by atoms with Crippen LogP contribution in [0, 0.1) is 12.7 Å². The Labute approximate surface area is 173 Å². The molecule has 0 bridgehead atoms. The zero-order chi connectivity index (χ0) is 20.9. The van der Waals surface area contributed by atoms with E-state index in [0.29, 0.717) is 44.3 Å². The molecule has 1 saturated heterocycles. The number of aromatic nitrogens is 2. The summed E-state index contributed by atoms with van der Waals surface area (Å²) in [7, 11) is 0. The van der Waals surface area contributed by atoms with Crippen molar-refractivity contribution in [3.8, 4) is 5.75 Å². The molecule has 0 saturated carbocycles. The number of halogens is 1. The van der Waals surface area contributed by atoms with Crippen LogP contribution in [-0.4, -0.2) is 40.8 Å². The number of anilines is 1. The number of rotatable bonds is 6. The topological polar surface area (TPSA) is 80.5 Å². The van der Waals surface area contributed by atoms with Gasteiger partial charge >= 0.3 is 6.03 Å². The summed E-state index contributed by atoms with van der Waals surface area (Å²) >= 11 is 0. The summed E-state index contributed by atoms with van der Waals surface area (Å²) in [6.07, 6.45) is 1.24. The lowest BCUT2D eigenvalue weighted by molar-refractivity contribution is 0.221. The quantitative estimate of drug-likeness (QED) is 0.660. The lowest BCUT2D eigenvalue weighted by Crippen LogP contribution is -2.33. The van der Waals surface area contributed by atoms with Crippen molar-refractivity contribution in [2.45, 2.75) is 25.7 Å². The van der Waals surface area contributed by atoms with Crippen LogP contribution in [0.25, 0.3) is 0 Å². The number of para-hydroxylation sites is 1. The van der Waals surface area contributed by atoms with Crippen molar-refractivity contribution in [1.82, 2.24) is 15.0 Å². The number of likely N-dealkylation sites (tertiary alicyclic amines) is 1. The minimum atomic E-state index is -0.462. The number of benzene rings is 2. The van der Waals surface area contributed by atoms with Gasteiger partial charge in [-0.1, -0.05) is 29.4 Å². The van der Waals surface area contributed by atoms with Crippen LogP contribution < -0.4 is 10.1 Å². The predicted molar refractivity (Wildman–Crippen MR) is 109 cm³/mol. The molecular formula is C22H23FN4O3. The number of amides is 2. The predicted octanol–water partition coefficient (Wildman–Crippen LogP) is 4.16. The van der Waals surface area contributed by atoms with E-state index < -0.39 is 5.82 Å². The van der Waals surface area contributed by atoms with Crippen LogP contribution in [0.5, 0.6) is 5.75 Å². The summed E-state index contributed by atoms with van der Waals surface area (Å²) in [5.74, 6) is 1.41. The Morgan fingerprint density at radius 1 is 1.30 bits per heavy atom. The van der Waals surface area contributed by atoms with E-state index in [-0.39, 0.29) is 17.6 Å². The van der Waals surface area contributed by atoms with Gasteiger partial charge in [-0.2, -0.15) is 4.98 Å². The highest BCUT2D eigenvalue weighted by Gasteiger charge is 2.31. The first-order valence-corrected chi connectivity index (χ1v) is 9.91. The van der Waals surface area contributed by atoms with E-state index in [2.05, 4.69) is 15.5 Å². The van der Waals surface area contributed by atoms with Gasteiger partial charge in [-0.25, -0.2) is 9.18 Å². The summed E-state index contributed by atoms with van der Waals surface area (Å²) in [5, 5.41) is 6.63. The number of hydrogen-bond donors (Lipinski definition) is 1. The normalized spacial score (nSPS) is 15.9. The van der Waals surface area contributed by atoms with E-state index in [1.54, 1.807) is 17.0 Å². The van der Waals surface area contributed by atoms with Gasteiger partial charge in [0.1, 0.15) is 11.6 Å². The molecule has 1 atom stereocenters. The lowest BCUT2D eigenvalue weighted by Gasteiger charge is -2.17. The first kappa shape index (κ1) is 19.9. The average molecular weight is 410 g/mol. The highest BCUT2D eigenvalue weighted by atomic mass is 19.1. The molecule has 1 aliphatic heterocycles. The maximum absolute atomic E-state index is 13.7. The fourth-order valence-corrected chi connectivity index (χ4v) is 3.40. The van der Waals surface area contributed by atoms with Crippen molar-refractivity contribution in [3.63, 3.8) is 0 Å². The van der Waals surface area contributed by atoms with Crippen LogP contribution in [0.3, 0.4) is 0 Å². The molecule has 1 aliphatic rings. The third-order valence-electron chi connectivity index (χ3n) is 5.01. The molecule has 2 heterocycles. The van der Waals surface area contributed by atoms with E-state index in [1.807, 2.05) is 31.2 Å². The highest BCUT2D eigenvalue weighted by Crippen LogP contribution is 2.27. The second-order valence-corrected chi connectivity index (χ2v) is 7.31. The fraction of sp³-hybridized carbons (Fsp3) is 0.318. The maximum Gasteiger partial charge on any atom is 0.321 e. The number of hydrogen-bond acceptors (Lipinski definition) is 5. The second kappa shape index (κ2) is 8.94. The maximum atomic E-state index is 13.7. The van der Waals surface area contributed by atoms with E-state index in [4.69, 9.17) is 9.26 Å². The third kappa shape index (κ3) is 4.76. The van der Waals surface area contributed by atoms with Gasteiger partial charge in [-0.15, -0.1) is 0 Å². The van der Waals surface area contributed by atoms with Gasteiger partial charge in [0.25, 0.3) is 0 Å². The molecule has 0 radical (unpaired) electrons. The van der Waals surface area contributed by atoms with E-state index in [0.717, 1.165) is 11.3 Å². The standard InChI is InChI=1S/C22H23FN4O3/c1-15-5-4-6-17(13-15)29-12-10-20-25-21(30-26-20)16-9-11-27(14-16)22(28)24-19-8-3-2-7-18(19)23/h2-8,13,16H,9-12,14H2,1H3,(H,24,28). The molecule has 3 aromatic rings. The Balaban J connectivity index is 1.28. The van der Waals surface area contributed by atoms with Crippen LogP contribution >= 0.6 is 0 Å². The number of carbonyl (C=O) groups is 1. The molecule has 1 aromatic heterocycles. The SMILES string of the molecule is Cc1cccc(OCCc2noc(C3CCN(C(=O)Nc4ccccc4F)C3)n2)c1. The molecule has 2 aromatic carbocycles. The van der Waals surface area contributed by atoms with Gasteiger partial charge in [0, 0.05) is 19.5 Å². The number of carbonyl (C=O) groups excluding carboxylic acids is 1. The minimum Gasteiger partial charge on any atom is -0.493 e. The van der Waals surface area contributed by atoms with E-state index >= 15 is 0 Å². The fourth-order valence-electron chi connectivity index (χ4n) is 3.40. The largest absolute Gasteiger partial charge is 0.493 e. The molecule has 1 fully saturated rings. The van der Waals surface area contributed by atoms with E-state index in [1.165, 1.54) is 12.1 Å². The smallest absolute Gasteiger partial charge is 0.321 e. The first-order chi connectivity index (χ1) is 14.6. The molecule has 8 heteroatoms. The van der Waals surface area contributed by atoms with Crippen LogP contribution in [0.15, 0.2) is 53.1 Å². The molecular weight excluding hydrogens is 387 g/mol. The lowest BCUT2D eigenvalue weighted by atomic mass is 10.1. The second-order valence-electron chi connectivity index (χ2n) is 7.31. The zero-order valence-electron chi connectivity index (χ0n) is 16.7. The molecule has 7 nitrogen and oxygen atoms in total. The van der Waals surface area contributed by atoms with Crippen LogP contribution in [-0.2, 0) is 6.42 Å². The molecule has 30 heavy (non-hydrogen) atoms. The van der Waals surface area contributed by atoms with Gasteiger partial charge in [0.2, 0.25) is 5.89 Å². The zero-order valence-corrected chi connectivity index (χ0v) is 16.7. The van der Waals surface area contributed by atoms with Gasteiger partial charge in [-0.3, -0.25) is 0 Å². The molecule has 0 aliphatic carbocycles. The van der Waals surface area contributed by atoms with Gasteiger partial charge < -0.3 is 19.5 Å². The first-order valence-electron chi connectivity index (χ1n) is 9.91. The summed E-state index contributed by atoms with van der Waals surface area (Å²) in [6, 6.07) is 13.6. The summed E-state index contributed by atoms with van der Waals surface area (Å²) in [6.45, 7) is 3.45. The number of ether oxygens (including phenoxy) is 1. The Hall–Kier alpha value is -3.42. The van der Waals surface area contributed by atoms with Crippen LogP contribution in [0.1, 0.15) is 29.6 Å². The summed E-state index contributed by atoms with van der Waals surface area (Å²) < 4.78 is 24.9. The Bertz CT molecular complexity index is 1020. The van der Waals surface area contributed by atoms with Crippen LogP contribution in [0.2, 0.25) is 0 Å². The van der Waals surface area contributed by atoms with Crippen molar-refractivity contribution in [3.05, 3.63) is 71.6 Å². The van der Waals surface area contributed by atoms with Gasteiger partial charge in [-0.05, 0) is 43.2 Å². The highest BCUT2D eigenvalue weighted by molar-refractivity contribution is 5.89. The molecule has 0 spiro atoms. The molecule has 4 rings (SSSR count). The minimum absolute atomic E-state index is 0.0321. The Morgan fingerprint density at radius 3 is 3.00 bits per heavy atom. The van der Waals surface area contributed by atoms with Crippen LogP contribution in [0.4, 0.5) is 14.9 Å². The number of nitrogens with zero attached hydrogens (tertiary/aromatic N) is 3. The number of nitrogens with one attached hydrogen (secondary N) is 1. The summed E-state index contributed by atoms with van der Waals surface area (Å²) in [4.78, 5) is 18.5. The van der Waals surface area contributed by atoms with Crippen molar-refractivity contribution < 1.29 is 18.4 Å². The molecule has 1 unspecified atom stereocenters.